The smallest absolute Gasteiger partial charge is 0.254 e. The van der Waals surface area contributed by atoms with E-state index in [1.54, 1.807) is 38.1 Å². The summed E-state index contributed by atoms with van der Waals surface area (Å²) >= 11 is 18.2. The van der Waals surface area contributed by atoms with E-state index in [1.165, 1.54) is 12.1 Å². The zero-order valence-electron chi connectivity index (χ0n) is 18.0. The minimum Gasteiger partial charge on any atom is -0.370 e. The lowest BCUT2D eigenvalue weighted by Gasteiger charge is -2.27. The molecule has 2 aliphatic rings. The Morgan fingerprint density at radius 3 is 2.36 bits per heavy atom. The normalized spacial score (nSPS) is 25.5. The van der Waals surface area contributed by atoms with Gasteiger partial charge in [-0.2, -0.15) is 0 Å². The Labute approximate surface area is 206 Å². The minimum atomic E-state index is -0.890. The lowest BCUT2D eigenvalue weighted by Crippen LogP contribution is -2.52. The topological polar surface area (TPSA) is 85.9 Å². The van der Waals surface area contributed by atoms with Gasteiger partial charge < -0.3 is 24.8 Å². The molecule has 33 heavy (non-hydrogen) atoms. The van der Waals surface area contributed by atoms with E-state index in [2.05, 4.69) is 10.6 Å². The van der Waals surface area contributed by atoms with Gasteiger partial charge in [0.05, 0.1) is 28.8 Å². The summed E-state index contributed by atoms with van der Waals surface area (Å²) in [5.74, 6) is -1.56. The summed E-state index contributed by atoms with van der Waals surface area (Å²) in [6.45, 7) is 4.11. The number of carbonyl (C=O) groups is 2. The first-order valence-corrected chi connectivity index (χ1v) is 11.5. The lowest BCUT2D eigenvalue weighted by atomic mass is 9.96. The third kappa shape index (κ3) is 5.14. The van der Waals surface area contributed by atoms with Crippen molar-refractivity contribution in [2.45, 2.75) is 37.4 Å². The second-order valence-corrected chi connectivity index (χ2v) is 9.71. The van der Waals surface area contributed by atoms with Gasteiger partial charge in [-0.05, 0) is 38.1 Å². The van der Waals surface area contributed by atoms with Gasteiger partial charge in [-0.1, -0.05) is 53.0 Å². The van der Waals surface area contributed by atoms with Crippen molar-refractivity contribution in [3.63, 3.8) is 0 Å². The van der Waals surface area contributed by atoms with Crippen LogP contribution in [-0.2, 0) is 14.2 Å². The number of nitrogens with one attached hydrogen (secondary N) is 2. The molecule has 2 heterocycles. The molecule has 0 aliphatic carbocycles. The molecule has 3 atom stereocenters. The molecule has 2 fully saturated rings. The summed E-state index contributed by atoms with van der Waals surface area (Å²) in [7, 11) is 0. The third-order valence-electron chi connectivity index (χ3n) is 5.54. The second-order valence-electron chi connectivity index (χ2n) is 8.46. The molecule has 0 radical (unpaired) electrons. The molecule has 4 rings (SSSR count). The highest BCUT2D eigenvalue weighted by Gasteiger charge is 2.61. The molecule has 0 saturated carbocycles. The maximum atomic E-state index is 12.7. The van der Waals surface area contributed by atoms with Crippen LogP contribution in [0, 0.1) is 0 Å². The van der Waals surface area contributed by atoms with E-state index in [-0.39, 0.29) is 41.2 Å². The van der Waals surface area contributed by atoms with Crippen molar-refractivity contribution in [3.8, 4) is 0 Å². The van der Waals surface area contributed by atoms with Gasteiger partial charge >= 0.3 is 0 Å². The molecule has 0 spiro atoms. The number of benzene rings is 2. The zero-order chi connectivity index (χ0) is 23.8. The highest BCUT2D eigenvalue weighted by molar-refractivity contribution is 6.42. The minimum absolute atomic E-state index is 0.131. The van der Waals surface area contributed by atoms with E-state index in [1.807, 2.05) is 6.07 Å². The van der Waals surface area contributed by atoms with Crippen molar-refractivity contribution in [2.75, 3.05) is 19.7 Å². The van der Waals surface area contributed by atoms with E-state index >= 15 is 0 Å². The third-order valence-corrected chi connectivity index (χ3v) is 6.35. The van der Waals surface area contributed by atoms with Crippen molar-refractivity contribution >= 4 is 46.6 Å². The van der Waals surface area contributed by atoms with Gasteiger partial charge in [-0.25, -0.2) is 0 Å². The molecule has 10 heteroatoms. The molecule has 0 unspecified atom stereocenters. The quantitative estimate of drug-likeness (QED) is 0.608. The van der Waals surface area contributed by atoms with Gasteiger partial charge in [0.25, 0.3) is 11.8 Å². The maximum absolute atomic E-state index is 12.7. The van der Waals surface area contributed by atoms with Crippen molar-refractivity contribution in [2.24, 2.45) is 0 Å². The van der Waals surface area contributed by atoms with Crippen LogP contribution >= 0.6 is 34.8 Å². The molecule has 0 aromatic heterocycles. The Bertz CT molecular complexity index is 1040. The van der Waals surface area contributed by atoms with Crippen LogP contribution in [0.5, 0.6) is 0 Å². The van der Waals surface area contributed by atoms with Crippen LogP contribution in [0.1, 0.15) is 34.6 Å². The molecular formula is C23H23Cl3N2O5. The van der Waals surface area contributed by atoms with Gasteiger partial charge in [-0.3, -0.25) is 9.59 Å². The molecule has 2 aliphatic heterocycles. The number of amides is 2. The summed E-state index contributed by atoms with van der Waals surface area (Å²) in [5, 5.41) is 6.34. The summed E-state index contributed by atoms with van der Waals surface area (Å²) < 4.78 is 18.2. The van der Waals surface area contributed by atoms with Crippen molar-refractivity contribution < 1.29 is 23.8 Å². The Balaban J connectivity index is 1.44. The number of rotatable bonds is 6. The predicted molar refractivity (Wildman–Crippen MR) is 125 cm³/mol. The Hall–Kier alpha value is -1.87. The fraction of sp³-hybridized carbons (Fsp3) is 0.391. The van der Waals surface area contributed by atoms with Crippen LogP contribution in [0.3, 0.4) is 0 Å². The average molecular weight is 514 g/mol. The average Bonchev–Trinajstić information content (AvgIpc) is 3.20. The molecule has 2 aromatic rings. The predicted octanol–water partition coefficient (Wildman–Crippen LogP) is 4.10. The van der Waals surface area contributed by atoms with Crippen LogP contribution in [0.25, 0.3) is 0 Å². The van der Waals surface area contributed by atoms with E-state index in [0.29, 0.717) is 10.6 Å². The SMILES string of the molecule is CC1(C)O[C@@H]2[C@@H](CNC(=O)c3c(Cl)cc(Cl)cc3Cl)OC[C@]2(CNC(=O)c2ccccc2)O1. The van der Waals surface area contributed by atoms with Crippen molar-refractivity contribution in [1.82, 2.24) is 10.6 Å². The van der Waals surface area contributed by atoms with Crippen LogP contribution in [0.2, 0.25) is 15.1 Å². The molecule has 7 nitrogen and oxygen atoms in total. The Morgan fingerprint density at radius 2 is 1.70 bits per heavy atom. The second kappa shape index (κ2) is 9.41. The molecule has 176 valence electrons. The number of hydrogen-bond donors (Lipinski definition) is 2. The van der Waals surface area contributed by atoms with Gasteiger partial charge in [0.1, 0.15) is 17.8 Å². The lowest BCUT2D eigenvalue weighted by molar-refractivity contribution is -0.188. The van der Waals surface area contributed by atoms with Crippen LogP contribution in [0.15, 0.2) is 42.5 Å². The first-order chi connectivity index (χ1) is 15.6. The fourth-order valence-corrected chi connectivity index (χ4v) is 5.15. The summed E-state index contributed by atoms with van der Waals surface area (Å²) in [4.78, 5) is 25.3. The standard InChI is InChI=1S/C23H23Cl3N2O5/c1-22(2)32-19-17(10-27-21(30)18-15(25)8-14(24)9-16(18)26)31-12-23(19,33-22)11-28-20(29)13-6-4-3-5-7-13/h3-9,17,19H,10-12H2,1-2H3,(H,27,30)(H,28,29)/t17-,19-,23+/m1/s1. The van der Waals surface area contributed by atoms with Gasteiger partial charge in [0.15, 0.2) is 5.79 Å². The number of carbonyl (C=O) groups excluding carboxylic acids is 2. The molecule has 2 N–H and O–H groups in total. The van der Waals surface area contributed by atoms with Gasteiger partial charge in [0.2, 0.25) is 0 Å². The first-order valence-electron chi connectivity index (χ1n) is 10.4. The fourth-order valence-electron chi connectivity index (χ4n) is 4.16. The Morgan fingerprint density at radius 1 is 1.03 bits per heavy atom. The van der Waals surface area contributed by atoms with E-state index in [9.17, 15) is 9.59 Å². The molecular weight excluding hydrogens is 491 g/mol. The zero-order valence-corrected chi connectivity index (χ0v) is 20.3. The number of fused-ring (bicyclic) bond motifs is 1. The molecule has 2 saturated heterocycles. The highest BCUT2D eigenvalue weighted by Crippen LogP contribution is 2.43. The summed E-state index contributed by atoms with van der Waals surface area (Å²) in [6, 6.07) is 11.8. The maximum Gasteiger partial charge on any atom is 0.254 e. The van der Waals surface area contributed by atoms with Crippen LogP contribution < -0.4 is 10.6 Å². The number of hydrogen-bond acceptors (Lipinski definition) is 5. The first kappa shape index (κ1) is 24.3. The number of ether oxygens (including phenoxy) is 3. The molecule has 2 amide bonds. The Kier molecular flexibility index (Phi) is 6.92. The number of halogens is 3. The van der Waals surface area contributed by atoms with Crippen molar-refractivity contribution in [3.05, 3.63) is 68.7 Å². The summed E-state index contributed by atoms with van der Waals surface area (Å²) in [5.41, 5.74) is -0.215. The van der Waals surface area contributed by atoms with Gasteiger partial charge in [0, 0.05) is 17.1 Å². The largest absolute Gasteiger partial charge is 0.370 e. The van der Waals surface area contributed by atoms with E-state index in [4.69, 9.17) is 49.0 Å². The van der Waals surface area contributed by atoms with Gasteiger partial charge in [-0.15, -0.1) is 0 Å². The molecule has 2 aromatic carbocycles. The van der Waals surface area contributed by atoms with E-state index in [0.717, 1.165) is 0 Å². The monoisotopic (exact) mass is 512 g/mol. The van der Waals surface area contributed by atoms with Crippen LogP contribution in [-0.4, -0.2) is 55.1 Å². The summed E-state index contributed by atoms with van der Waals surface area (Å²) in [6.07, 6.45) is -1.02. The van der Waals surface area contributed by atoms with E-state index < -0.39 is 29.5 Å². The van der Waals surface area contributed by atoms with Crippen molar-refractivity contribution in [1.29, 1.82) is 0 Å². The highest BCUT2D eigenvalue weighted by atomic mass is 35.5. The molecule has 0 bridgehead atoms. The van der Waals surface area contributed by atoms with Crippen LogP contribution in [0.4, 0.5) is 0 Å².